The van der Waals surface area contributed by atoms with E-state index >= 15 is 0 Å². The molecule has 0 aromatic carbocycles. The van der Waals surface area contributed by atoms with Gasteiger partial charge in [-0.2, -0.15) is 0 Å². The summed E-state index contributed by atoms with van der Waals surface area (Å²) in [4.78, 5) is 13.6. The van der Waals surface area contributed by atoms with Gasteiger partial charge in [0.05, 0.1) is 13.2 Å². The van der Waals surface area contributed by atoms with Crippen LogP contribution in [-0.2, 0) is 9.53 Å². The molecule has 0 fully saturated rings. The number of aliphatic hydroxyl groups is 2. The van der Waals surface area contributed by atoms with E-state index in [4.69, 9.17) is 4.74 Å². The van der Waals surface area contributed by atoms with Gasteiger partial charge >= 0.3 is 5.97 Å². The van der Waals surface area contributed by atoms with Crippen LogP contribution in [0.4, 0.5) is 0 Å². The highest BCUT2D eigenvalue weighted by Crippen LogP contribution is 2.15. The Morgan fingerprint density at radius 3 is 1.45 bits per heavy atom. The molecule has 174 valence electrons. The second-order valence-electron chi connectivity index (χ2n) is 8.80. The molecule has 0 atom stereocenters. The van der Waals surface area contributed by atoms with Gasteiger partial charge in [-0.25, -0.2) is 0 Å². The predicted octanol–water partition coefficient (Wildman–Crippen LogP) is 5.08. The van der Waals surface area contributed by atoms with Crippen LogP contribution in [0.3, 0.4) is 0 Å². The highest BCUT2D eigenvalue weighted by molar-refractivity contribution is 5.69. The molecule has 0 aromatic rings. The van der Waals surface area contributed by atoms with Gasteiger partial charge in [0.25, 0.3) is 0 Å². The molecule has 0 bridgehead atoms. The number of hydrogen-bond donors (Lipinski definition) is 2. The third-order valence-corrected chi connectivity index (χ3v) is 6.02. The first kappa shape index (κ1) is 28.4. The Labute approximate surface area is 180 Å². The normalized spacial score (nSPS) is 11.9. The number of carbonyl (C=O) groups excluding carboxylic acids is 1. The van der Waals surface area contributed by atoms with Gasteiger partial charge in [-0.05, 0) is 20.5 Å². The minimum atomic E-state index is -0.898. The standard InChI is InChI=1S/C24H49NO4/c1-4-5-6-7-8-9-10-11-12-13-14-15-16-17-18-19-23(28)29-22-24(20-26,21-27)25(2)3/h26-27H,4-22H2,1-3H3. The number of rotatable bonds is 21. The van der Waals surface area contributed by atoms with E-state index in [9.17, 15) is 15.0 Å². The topological polar surface area (TPSA) is 70.0 Å². The van der Waals surface area contributed by atoms with Crippen molar-refractivity contribution in [3.63, 3.8) is 0 Å². The van der Waals surface area contributed by atoms with Crippen LogP contribution in [0, 0.1) is 0 Å². The van der Waals surface area contributed by atoms with Crippen molar-refractivity contribution in [2.45, 2.75) is 115 Å². The van der Waals surface area contributed by atoms with Crippen molar-refractivity contribution >= 4 is 5.97 Å². The first-order valence-electron chi connectivity index (χ1n) is 12.1. The molecule has 0 saturated heterocycles. The molecule has 0 aliphatic rings. The lowest BCUT2D eigenvalue weighted by atomic mass is 10.0. The van der Waals surface area contributed by atoms with Gasteiger partial charge in [-0.15, -0.1) is 0 Å². The number of carbonyl (C=O) groups is 1. The van der Waals surface area contributed by atoms with E-state index in [0.29, 0.717) is 6.42 Å². The summed E-state index contributed by atoms with van der Waals surface area (Å²) in [5, 5.41) is 19.0. The summed E-state index contributed by atoms with van der Waals surface area (Å²) in [5.41, 5.74) is -0.898. The summed E-state index contributed by atoms with van der Waals surface area (Å²) >= 11 is 0. The maximum absolute atomic E-state index is 11.9. The first-order chi connectivity index (χ1) is 14.0. The first-order valence-corrected chi connectivity index (χ1v) is 12.1. The largest absolute Gasteiger partial charge is 0.464 e. The third-order valence-electron chi connectivity index (χ3n) is 6.02. The molecule has 0 aromatic heterocycles. The van der Waals surface area contributed by atoms with Crippen LogP contribution in [0.2, 0.25) is 0 Å². The van der Waals surface area contributed by atoms with E-state index in [1.165, 1.54) is 83.5 Å². The number of unbranched alkanes of at least 4 members (excludes halogenated alkanes) is 14. The molecule has 0 amide bonds. The zero-order valence-corrected chi connectivity index (χ0v) is 19.6. The summed E-state index contributed by atoms with van der Waals surface area (Å²) in [5.74, 6) is -0.243. The minimum Gasteiger partial charge on any atom is -0.464 e. The molecular weight excluding hydrogens is 366 g/mol. The quantitative estimate of drug-likeness (QED) is 0.202. The number of ether oxygens (including phenoxy) is 1. The summed E-state index contributed by atoms with van der Waals surface area (Å²) < 4.78 is 5.27. The van der Waals surface area contributed by atoms with Crippen molar-refractivity contribution in [3.05, 3.63) is 0 Å². The zero-order valence-electron chi connectivity index (χ0n) is 19.6. The molecular formula is C24H49NO4. The Kier molecular flexibility index (Phi) is 18.9. The lowest BCUT2D eigenvalue weighted by molar-refractivity contribution is -0.150. The van der Waals surface area contributed by atoms with Crippen molar-refractivity contribution in [1.82, 2.24) is 4.90 Å². The second kappa shape index (κ2) is 19.3. The van der Waals surface area contributed by atoms with Gasteiger partial charge in [-0.3, -0.25) is 9.69 Å². The molecule has 5 heteroatoms. The summed E-state index contributed by atoms with van der Waals surface area (Å²) in [7, 11) is 3.52. The van der Waals surface area contributed by atoms with Crippen LogP contribution in [0.25, 0.3) is 0 Å². The van der Waals surface area contributed by atoms with Crippen LogP contribution >= 0.6 is 0 Å². The average Bonchev–Trinajstić information content (AvgIpc) is 2.71. The number of nitrogens with zero attached hydrogens (tertiary/aromatic N) is 1. The molecule has 5 nitrogen and oxygen atoms in total. The van der Waals surface area contributed by atoms with Crippen molar-refractivity contribution in [2.24, 2.45) is 0 Å². The smallest absolute Gasteiger partial charge is 0.305 e. The van der Waals surface area contributed by atoms with E-state index in [-0.39, 0.29) is 25.8 Å². The molecule has 29 heavy (non-hydrogen) atoms. The van der Waals surface area contributed by atoms with E-state index in [0.717, 1.165) is 12.8 Å². The van der Waals surface area contributed by atoms with E-state index in [1.807, 2.05) is 0 Å². The Bertz CT molecular complexity index is 370. The molecule has 0 unspecified atom stereocenters. The highest BCUT2D eigenvalue weighted by Gasteiger charge is 2.33. The molecule has 0 radical (unpaired) electrons. The number of likely N-dealkylation sites (N-methyl/N-ethyl adjacent to an activating group) is 1. The van der Waals surface area contributed by atoms with Gasteiger partial charge in [0.2, 0.25) is 0 Å². The fourth-order valence-electron chi connectivity index (χ4n) is 3.48. The van der Waals surface area contributed by atoms with E-state index in [2.05, 4.69) is 6.92 Å². The average molecular weight is 416 g/mol. The van der Waals surface area contributed by atoms with Gasteiger partial charge in [0.1, 0.15) is 12.1 Å². The minimum absolute atomic E-state index is 0.0184. The third kappa shape index (κ3) is 14.9. The molecule has 0 spiro atoms. The zero-order chi connectivity index (χ0) is 21.8. The monoisotopic (exact) mass is 415 g/mol. The SMILES string of the molecule is CCCCCCCCCCCCCCCCCC(=O)OCC(CO)(CO)N(C)C. The summed E-state index contributed by atoms with van der Waals surface area (Å²) in [6.07, 6.45) is 19.9. The molecule has 0 aliphatic carbocycles. The van der Waals surface area contributed by atoms with Crippen LogP contribution in [-0.4, -0.2) is 60.5 Å². The maximum Gasteiger partial charge on any atom is 0.305 e. The van der Waals surface area contributed by atoms with Crippen LogP contribution in [0.15, 0.2) is 0 Å². The number of aliphatic hydroxyl groups excluding tert-OH is 2. The molecule has 2 N–H and O–H groups in total. The Hall–Kier alpha value is -0.650. The summed E-state index contributed by atoms with van der Waals surface area (Å²) in [6, 6.07) is 0. The van der Waals surface area contributed by atoms with E-state index < -0.39 is 5.54 Å². The lowest BCUT2D eigenvalue weighted by Gasteiger charge is -2.35. The van der Waals surface area contributed by atoms with Crippen molar-refractivity contribution in [3.8, 4) is 0 Å². The van der Waals surface area contributed by atoms with Crippen molar-refractivity contribution in [1.29, 1.82) is 0 Å². The lowest BCUT2D eigenvalue weighted by Crippen LogP contribution is -2.54. The Morgan fingerprint density at radius 2 is 1.10 bits per heavy atom. The van der Waals surface area contributed by atoms with Crippen molar-refractivity contribution in [2.75, 3.05) is 33.9 Å². The summed E-state index contributed by atoms with van der Waals surface area (Å²) in [6.45, 7) is 1.79. The van der Waals surface area contributed by atoms with E-state index in [1.54, 1.807) is 19.0 Å². The van der Waals surface area contributed by atoms with Crippen LogP contribution in [0.1, 0.15) is 110 Å². The predicted molar refractivity (Wildman–Crippen MR) is 121 cm³/mol. The maximum atomic E-state index is 11.9. The molecule has 0 rings (SSSR count). The highest BCUT2D eigenvalue weighted by atomic mass is 16.5. The van der Waals surface area contributed by atoms with Gasteiger partial charge in [-0.1, -0.05) is 96.8 Å². The van der Waals surface area contributed by atoms with Crippen LogP contribution < -0.4 is 0 Å². The fourth-order valence-corrected chi connectivity index (χ4v) is 3.48. The van der Waals surface area contributed by atoms with Gasteiger partial charge in [0.15, 0.2) is 0 Å². The molecule has 0 aliphatic heterocycles. The molecule has 0 saturated carbocycles. The number of esters is 1. The Morgan fingerprint density at radius 1 is 0.724 bits per heavy atom. The fraction of sp³-hybridized carbons (Fsp3) is 0.958. The molecule has 0 heterocycles. The number of hydrogen-bond acceptors (Lipinski definition) is 5. The van der Waals surface area contributed by atoms with Crippen molar-refractivity contribution < 1.29 is 19.7 Å². The van der Waals surface area contributed by atoms with Gasteiger partial charge in [0, 0.05) is 6.42 Å². The second-order valence-corrected chi connectivity index (χ2v) is 8.80. The Balaban J connectivity index is 3.45. The van der Waals surface area contributed by atoms with Gasteiger partial charge < -0.3 is 14.9 Å². The van der Waals surface area contributed by atoms with Crippen LogP contribution in [0.5, 0.6) is 0 Å².